The summed E-state index contributed by atoms with van der Waals surface area (Å²) < 4.78 is 108. The number of ether oxygens (including phenoxy) is 2. The summed E-state index contributed by atoms with van der Waals surface area (Å²) in [5, 5.41) is 0. The van der Waals surface area contributed by atoms with E-state index in [1.165, 1.54) is 6.07 Å². The van der Waals surface area contributed by atoms with Crippen molar-refractivity contribution in [2.45, 2.75) is 12.4 Å². The molecule has 1 aromatic heterocycles. The zero-order valence-electron chi connectivity index (χ0n) is 14.5. The predicted octanol–water partition coefficient (Wildman–Crippen LogP) is 3.40. The summed E-state index contributed by atoms with van der Waals surface area (Å²) in [7, 11) is -3.75. The number of hydrogen-bond acceptors (Lipinski definition) is 6. The highest BCUT2D eigenvalue weighted by Gasteiger charge is 2.30. The van der Waals surface area contributed by atoms with E-state index in [4.69, 9.17) is 4.74 Å². The van der Waals surface area contributed by atoms with Crippen LogP contribution in [0.5, 0.6) is 11.5 Å². The fraction of sp³-hybridized carbons (Fsp3) is 0.333. The molecule has 0 aliphatic heterocycles. The molecule has 0 amide bonds. The molecule has 0 fully saturated rings. The average molecular weight is 445 g/mol. The Morgan fingerprint density at radius 1 is 1.00 bits per heavy atom. The molecule has 0 radical (unpaired) electrons. The van der Waals surface area contributed by atoms with Gasteiger partial charge in [0.25, 0.3) is 0 Å². The Kier molecular flexibility index (Phi) is 6.45. The molecule has 0 unspecified atom stereocenters. The maximum absolute atomic E-state index is 12.5. The SMILES string of the molecule is CS(=O)(=O)Nc1nccc(-c2cc(OCC(F)(F)F)ccc2OCC(F)(F)F)n1. The van der Waals surface area contributed by atoms with E-state index in [1.807, 2.05) is 4.72 Å². The lowest BCUT2D eigenvalue weighted by atomic mass is 10.1. The monoisotopic (exact) mass is 445 g/mol. The van der Waals surface area contributed by atoms with Gasteiger partial charge in [0.1, 0.15) is 11.5 Å². The maximum atomic E-state index is 12.5. The molecule has 2 rings (SSSR count). The Bertz CT molecular complexity index is 963. The molecule has 7 nitrogen and oxygen atoms in total. The van der Waals surface area contributed by atoms with Crippen molar-refractivity contribution < 1.29 is 44.2 Å². The van der Waals surface area contributed by atoms with Crippen LogP contribution in [0.15, 0.2) is 30.5 Å². The summed E-state index contributed by atoms with van der Waals surface area (Å²) in [5.74, 6) is -1.06. The maximum Gasteiger partial charge on any atom is 0.422 e. The quantitative estimate of drug-likeness (QED) is 0.658. The van der Waals surface area contributed by atoms with Crippen molar-refractivity contribution in [1.82, 2.24) is 9.97 Å². The number of benzene rings is 1. The molecule has 1 heterocycles. The minimum absolute atomic E-state index is 0.110. The molecule has 14 heteroatoms. The first kappa shape index (κ1) is 22.5. The van der Waals surface area contributed by atoms with Crippen molar-refractivity contribution in [1.29, 1.82) is 0 Å². The van der Waals surface area contributed by atoms with Gasteiger partial charge in [-0.05, 0) is 24.3 Å². The summed E-state index contributed by atoms with van der Waals surface area (Å²) in [6.45, 7) is -3.29. The Hall–Kier alpha value is -2.77. The standard InChI is InChI=1S/C15H13F6N3O4S/c1-29(25,26)24-13-22-5-4-11(23-13)10-6-9(27-7-14(16,17)18)2-3-12(10)28-8-15(19,20)21/h2-6H,7-8H2,1H3,(H,22,23,24). The topological polar surface area (TPSA) is 90.4 Å². The first-order valence-electron chi connectivity index (χ1n) is 7.56. The number of nitrogens with zero attached hydrogens (tertiary/aromatic N) is 2. The second-order valence-corrected chi connectivity index (χ2v) is 7.35. The van der Waals surface area contributed by atoms with Crippen molar-refractivity contribution in [2.75, 3.05) is 24.2 Å². The highest BCUT2D eigenvalue weighted by molar-refractivity contribution is 7.91. The largest absolute Gasteiger partial charge is 0.484 e. The molecule has 1 aromatic carbocycles. The van der Waals surface area contributed by atoms with Crippen LogP contribution in [0.3, 0.4) is 0 Å². The second kappa shape index (κ2) is 8.31. The fourth-order valence-electron chi connectivity index (χ4n) is 1.97. The van der Waals surface area contributed by atoms with E-state index in [0.29, 0.717) is 0 Å². The lowest BCUT2D eigenvalue weighted by molar-refractivity contribution is -0.154. The van der Waals surface area contributed by atoms with Crippen LogP contribution in [-0.4, -0.2) is 50.2 Å². The molecular weight excluding hydrogens is 432 g/mol. The van der Waals surface area contributed by atoms with Crippen LogP contribution in [0.25, 0.3) is 11.3 Å². The Labute approximate surface area is 160 Å². The molecule has 0 saturated heterocycles. The molecule has 0 aliphatic carbocycles. The van der Waals surface area contributed by atoms with E-state index in [1.54, 1.807) is 0 Å². The van der Waals surface area contributed by atoms with E-state index >= 15 is 0 Å². The van der Waals surface area contributed by atoms with Gasteiger partial charge >= 0.3 is 12.4 Å². The molecule has 29 heavy (non-hydrogen) atoms. The molecule has 0 saturated carbocycles. The van der Waals surface area contributed by atoms with Gasteiger partial charge in [-0.3, -0.25) is 4.72 Å². The second-order valence-electron chi connectivity index (χ2n) is 5.61. The van der Waals surface area contributed by atoms with E-state index in [-0.39, 0.29) is 22.8 Å². The number of halogens is 6. The Morgan fingerprint density at radius 3 is 2.21 bits per heavy atom. The number of nitrogens with one attached hydrogen (secondary N) is 1. The van der Waals surface area contributed by atoms with Crippen LogP contribution in [0.1, 0.15) is 0 Å². The highest BCUT2D eigenvalue weighted by Crippen LogP contribution is 2.34. The van der Waals surface area contributed by atoms with Crippen molar-refractivity contribution >= 4 is 16.0 Å². The van der Waals surface area contributed by atoms with Gasteiger partial charge in [0.2, 0.25) is 16.0 Å². The predicted molar refractivity (Wildman–Crippen MR) is 89.0 cm³/mol. The summed E-state index contributed by atoms with van der Waals surface area (Å²) in [6.07, 6.45) is -7.37. The van der Waals surface area contributed by atoms with Crippen LogP contribution in [0.4, 0.5) is 32.3 Å². The van der Waals surface area contributed by atoms with Gasteiger partial charge < -0.3 is 9.47 Å². The lowest BCUT2D eigenvalue weighted by Gasteiger charge is -2.15. The third-order valence-corrected chi connectivity index (χ3v) is 3.51. The van der Waals surface area contributed by atoms with Crippen LogP contribution < -0.4 is 14.2 Å². The van der Waals surface area contributed by atoms with E-state index in [0.717, 1.165) is 30.7 Å². The van der Waals surface area contributed by atoms with Gasteiger partial charge in [0.05, 0.1) is 11.9 Å². The lowest BCUT2D eigenvalue weighted by Crippen LogP contribution is -2.20. The first-order valence-corrected chi connectivity index (χ1v) is 9.45. The van der Waals surface area contributed by atoms with Crippen molar-refractivity contribution in [3.63, 3.8) is 0 Å². The van der Waals surface area contributed by atoms with Crippen molar-refractivity contribution in [2.24, 2.45) is 0 Å². The molecule has 0 aliphatic rings. The Morgan fingerprint density at radius 2 is 1.62 bits per heavy atom. The van der Waals surface area contributed by atoms with Gasteiger partial charge in [-0.25, -0.2) is 18.4 Å². The minimum atomic E-state index is -4.67. The number of anilines is 1. The van der Waals surface area contributed by atoms with Gasteiger partial charge in [-0.2, -0.15) is 26.3 Å². The van der Waals surface area contributed by atoms with Gasteiger partial charge in [0.15, 0.2) is 13.2 Å². The molecule has 1 N–H and O–H groups in total. The smallest absolute Gasteiger partial charge is 0.422 e. The van der Waals surface area contributed by atoms with Crippen LogP contribution in [0, 0.1) is 0 Å². The summed E-state index contributed by atoms with van der Waals surface area (Å²) in [4.78, 5) is 7.50. The Balaban J connectivity index is 2.43. The van der Waals surface area contributed by atoms with Crippen molar-refractivity contribution in [3.8, 4) is 22.8 Å². The number of aromatic nitrogens is 2. The average Bonchev–Trinajstić information content (AvgIpc) is 2.56. The number of rotatable bonds is 7. The number of alkyl halides is 6. The van der Waals surface area contributed by atoms with Gasteiger partial charge in [-0.15, -0.1) is 0 Å². The van der Waals surface area contributed by atoms with E-state index < -0.39 is 41.5 Å². The highest BCUT2D eigenvalue weighted by atomic mass is 32.2. The minimum Gasteiger partial charge on any atom is -0.484 e. The molecule has 0 bridgehead atoms. The molecule has 0 spiro atoms. The fourth-order valence-corrected chi connectivity index (χ4v) is 2.40. The molecule has 0 atom stereocenters. The zero-order valence-corrected chi connectivity index (χ0v) is 15.3. The summed E-state index contributed by atoms with van der Waals surface area (Å²) in [5.41, 5.74) is -0.270. The molecular formula is C15H13F6N3O4S. The van der Waals surface area contributed by atoms with E-state index in [9.17, 15) is 34.8 Å². The van der Waals surface area contributed by atoms with Crippen LogP contribution in [0.2, 0.25) is 0 Å². The molecule has 160 valence electrons. The normalized spacial score (nSPS) is 12.5. The third-order valence-electron chi connectivity index (χ3n) is 2.95. The molecule has 2 aromatic rings. The van der Waals surface area contributed by atoms with Gasteiger partial charge in [-0.1, -0.05) is 0 Å². The van der Waals surface area contributed by atoms with Crippen LogP contribution >= 0.6 is 0 Å². The van der Waals surface area contributed by atoms with Gasteiger partial charge in [0, 0.05) is 11.8 Å². The van der Waals surface area contributed by atoms with Crippen LogP contribution in [-0.2, 0) is 10.0 Å². The summed E-state index contributed by atoms with van der Waals surface area (Å²) in [6, 6.07) is 4.18. The first-order chi connectivity index (χ1) is 13.2. The van der Waals surface area contributed by atoms with E-state index in [2.05, 4.69) is 14.7 Å². The third kappa shape index (κ3) is 8.01. The number of sulfonamides is 1. The number of hydrogen-bond donors (Lipinski definition) is 1. The van der Waals surface area contributed by atoms with Crippen molar-refractivity contribution in [3.05, 3.63) is 30.5 Å². The summed E-state index contributed by atoms with van der Waals surface area (Å²) >= 11 is 0. The zero-order chi connectivity index (χ0) is 21.9.